The maximum absolute atomic E-state index is 6.14. The van der Waals surface area contributed by atoms with E-state index in [-0.39, 0.29) is 0 Å². The van der Waals surface area contributed by atoms with E-state index < -0.39 is 0 Å². The van der Waals surface area contributed by atoms with E-state index in [1.807, 2.05) is 18.5 Å². The first kappa shape index (κ1) is 11.4. The number of anilines is 1. The Morgan fingerprint density at radius 3 is 2.76 bits per heavy atom. The van der Waals surface area contributed by atoms with E-state index in [2.05, 4.69) is 30.2 Å². The Morgan fingerprint density at radius 1 is 1.24 bits per heavy atom. The van der Waals surface area contributed by atoms with Crippen LogP contribution >= 0.6 is 27.5 Å². The lowest BCUT2D eigenvalue weighted by Crippen LogP contribution is -2.30. The molecule has 1 aliphatic heterocycles. The molecule has 2 aromatic rings. The topological polar surface area (TPSA) is 20.5 Å². The van der Waals surface area contributed by atoms with Crippen LogP contribution in [0.1, 0.15) is 19.3 Å². The van der Waals surface area contributed by atoms with Crippen molar-refractivity contribution in [1.82, 2.24) is 9.38 Å². The van der Waals surface area contributed by atoms with Crippen LogP contribution < -0.4 is 4.90 Å². The Kier molecular flexibility index (Phi) is 3.01. The largest absolute Gasteiger partial charge is 0.356 e. The van der Waals surface area contributed by atoms with Gasteiger partial charge in [-0.05, 0) is 41.3 Å². The summed E-state index contributed by atoms with van der Waals surface area (Å²) in [7, 11) is 0. The van der Waals surface area contributed by atoms with Crippen LogP contribution in [0.2, 0.25) is 5.02 Å². The number of pyridine rings is 1. The van der Waals surface area contributed by atoms with Gasteiger partial charge >= 0.3 is 0 Å². The van der Waals surface area contributed by atoms with E-state index in [1.165, 1.54) is 19.3 Å². The molecule has 3 nitrogen and oxygen atoms in total. The quantitative estimate of drug-likeness (QED) is 0.799. The van der Waals surface area contributed by atoms with Crippen molar-refractivity contribution in [3.8, 4) is 0 Å². The number of aromatic nitrogens is 2. The Labute approximate surface area is 114 Å². The number of hydrogen-bond acceptors (Lipinski definition) is 2. The van der Waals surface area contributed by atoms with Gasteiger partial charge in [-0.3, -0.25) is 4.40 Å². The van der Waals surface area contributed by atoms with Gasteiger partial charge in [-0.25, -0.2) is 4.98 Å². The number of piperidine rings is 1. The first-order valence-corrected chi connectivity index (χ1v) is 7.00. The lowest BCUT2D eigenvalue weighted by Gasteiger charge is -2.27. The van der Waals surface area contributed by atoms with Gasteiger partial charge < -0.3 is 4.90 Å². The minimum Gasteiger partial charge on any atom is -0.356 e. The van der Waals surface area contributed by atoms with E-state index in [1.54, 1.807) is 0 Å². The molecule has 0 saturated carbocycles. The summed E-state index contributed by atoms with van der Waals surface area (Å²) in [6.07, 6.45) is 7.72. The van der Waals surface area contributed by atoms with Crippen molar-refractivity contribution in [2.75, 3.05) is 18.0 Å². The van der Waals surface area contributed by atoms with Gasteiger partial charge in [0.25, 0.3) is 0 Å². The SMILES string of the molecule is Clc1cn2c(N3CCCCC3)cnc2cc1Br. The molecule has 0 radical (unpaired) electrons. The molecular formula is C12H13BrClN3. The number of halogens is 2. The van der Waals surface area contributed by atoms with Crippen molar-refractivity contribution in [2.24, 2.45) is 0 Å². The Balaban J connectivity index is 2.07. The van der Waals surface area contributed by atoms with E-state index >= 15 is 0 Å². The van der Waals surface area contributed by atoms with E-state index in [4.69, 9.17) is 11.6 Å². The molecule has 0 spiro atoms. The van der Waals surface area contributed by atoms with E-state index in [9.17, 15) is 0 Å². The zero-order valence-electron chi connectivity index (χ0n) is 9.37. The van der Waals surface area contributed by atoms with Crippen molar-refractivity contribution in [3.05, 3.63) is 28.0 Å². The second-order valence-electron chi connectivity index (χ2n) is 4.36. The molecule has 0 bridgehead atoms. The van der Waals surface area contributed by atoms with Crippen LogP contribution in [-0.2, 0) is 0 Å². The van der Waals surface area contributed by atoms with Crippen molar-refractivity contribution in [1.29, 1.82) is 0 Å². The molecule has 1 aliphatic rings. The van der Waals surface area contributed by atoms with E-state index in [0.29, 0.717) is 5.02 Å². The van der Waals surface area contributed by atoms with Gasteiger partial charge in [0.1, 0.15) is 11.5 Å². The minimum absolute atomic E-state index is 0.716. The summed E-state index contributed by atoms with van der Waals surface area (Å²) in [5.74, 6) is 1.15. The Bertz CT molecular complexity index is 546. The predicted octanol–water partition coefficient (Wildman–Crippen LogP) is 3.74. The summed E-state index contributed by atoms with van der Waals surface area (Å²) < 4.78 is 2.96. The predicted molar refractivity (Wildman–Crippen MR) is 74.0 cm³/mol. The second-order valence-corrected chi connectivity index (χ2v) is 5.62. The van der Waals surface area contributed by atoms with Gasteiger partial charge in [-0.2, -0.15) is 0 Å². The molecule has 3 heterocycles. The highest BCUT2D eigenvalue weighted by atomic mass is 79.9. The normalized spacial score (nSPS) is 16.7. The van der Waals surface area contributed by atoms with E-state index in [0.717, 1.165) is 29.0 Å². The fraction of sp³-hybridized carbons (Fsp3) is 0.417. The number of hydrogen-bond donors (Lipinski definition) is 0. The molecule has 90 valence electrons. The molecule has 0 unspecified atom stereocenters. The van der Waals surface area contributed by atoms with Gasteiger partial charge in [0.2, 0.25) is 0 Å². The average molecular weight is 315 g/mol. The second kappa shape index (κ2) is 4.50. The molecule has 0 aliphatic carbocycles. The Morgan fingerprint density at radius 2 is 2.00 bits per heavy atom. The summed E-state index contributed by atoms with van der Waals surface area (Å²) in [5, 5.41) is 0.716. The summed E-state index contributed by atoms with van der Waals surface area (Å²) in [4.78, 5) is 6.81. The summed E-state index contributed by atoms with van der Waals surface area (Å²) in [6, 6.07) is 1.95. The highest BCUT2D eigenvalue weighted by Crippen LogP contribution is 2.27. The van der Waals surface area contributed by atoms with Gasteiger partial charge in [-0.1, -0.05) is 11.6 Å². The minimum atomic E-state index is 0.716. The molecule has 3 rings (SSSR count). The third-order valence-corrected chi connectivity index (χ3v) is 4.40. The molecule has 1 saturated heterocycles. The monoisotopic (exact) mass is 313 g/mol. The van der Waals surface area contributed by atoms with Crippen LogP contribution in [0, 0.1) is 0 Å². The molecule has 17 heavy (non-hydrogen) atoms. The maximum atomic E-state index is 6.14. The molecule has 0 amide bonds. The van der Waals surface area contributed by atoms with Crippen LogP contribution in [-0.4, -0.2) is 22.5 Å². The van der Waals surface area contributed by atoms with Crippen molar-refractivity contribution in [3.63, 3.8) is 0 Å². The Hall–Kier alpha value is -0.740. The van der Waals surface area contributed by atoms with Crippen LogP contribution in [0.4, 0.5) is 5.82 Å². The molecule has 1 fully saturated rings. The molecule has 0 atom stereocenters. The zero-order chi connectivity index (χ0) is 11.8. The van der Waals surface area contributed by atoms with Gasteiger partial charge in [-0.15, -0.1) is 0 Å². The third-order valence-electron chi connectivity index (χ3n) is 3.21. The lowest BCUT2D eigenvalue weighted by molar-refractivity contribution is 0.572. The number of rotatable bonds is 1. The summed E-state index contributed by atoms with van der Waals surface area (Å²) in [5.41, 5.74) is 0.932. The molecule has 0 N–H and O–H groups in total. The average Bonchev–Trinajstić information content (AvgIpc) is 2.74. The molecule has 0 aromatic carbocycles. The maximum Gasteiger partial charge on any atom is 0.139 e. The van der Waals surface area contributed by atoms with Crippen molar-refractivity contribution >= 4 is 39.0 Å². The highest BCUT2D eigenvalue weighted by Gasteiger charge is 2.15. The van der Waals surface area contributed by atoms with Crippen LogP contribution in [0.3, 0.4) is 0 Å². The summed E-state index contributed by atoms with van der Waals surface area (Å²) in [6.45, 7) is 2.23. The smallest absolute Gasteiger partial charge is 0.139 e. The number of imidazole rings is 1. The molecular weight excluding hydrogens is 302 g/mol. The fourth-order valence-corrected chi connectivity index (χ4v) is 2.78. The number of nitrogens with zero attached hydrogens (tertiary/aromatic N) is 3. The van der Waals surface area contributed by atoms with Gasteiger partial charge in [0, 0.05) is 23.8 Å². The number of fused-ring (bicyclic) bond motifs is 1. The molecule has 2 aromatic heterocycles. The zero-order valence-corrected chi connectivity index (χ0v) is 11.7. The van der Waals surface area contributed by atoms with Gasteiger partial charge in [0.05, 0.1) is 11.2 Å². The lowest BCUT2D eigenvalue weighted by atomic mass is 10.1. The standard InChI is InChI=1S/C12H13BrClN3/c13-9-6-11-15-7-12(17(11)8-10(9)14)16-4-2-1-3-5-16/h6-8H,1-5H2. The summed E-state index contributed by atoms with van der Waals surface area (Å²) >= 11 is 9.56. The van der Waals surface area contributed by atoms with Crippen LogP contribution in [0.25, 0.3) is 5.65 Å². The molecule has 5 heteroatoms. The highest BCUT2D eigenvalue weighted by molar-refractivity contribution is 9.10. The first-order chi connectivity index (χ1) is 8.25. The fourth-order valence-electron chi connectivity index (χ4n) is 2.32. The first-order valence-electron chi connectivity index (χ1n) is 5.83. The third kappa shape index (κ3) is 2.04. The van der Waals surface area contributed by atoms with Crippen molar-refractivity contribution < 1.29 is 0 Å². The van der Waals surface area contributed by atoms with Gasteiger partial charge in [0.15, 0.2) is 0 Å². The van der Waals surface area contributed by atoms with Crippen LogP contribution in [0.15, 0.2) is 22.9 Å². The van der Waals surface area contributed by atoms with Crippen LogP contribution in [0.5, 0.6) is 0 Å². The van der Waals surface area contributed by atoms with Crippen molar-refractivity contribution in [2.45, 2.75) is 19.3 Å².